The van der Waals surface area contributed by atoms with E-state index in [1.165, 1.54) is 36.4 Å². The molecule has 0 aliphatic heterocycles. The molecule has 0 fully saturated rings. The van der Waals surface area contributed by atoms with Crippen molar-refractivity contribution in [1.29, 1.82) is 0 Å². The Morgan fingerprint density at radius 2 is 1.71 bits per heavy atom. The number of nitrogens with one attached hydrogen (secondary N) is 2. The minimum atomic E-state index is -0.521. The van der Waals surface area contributed by atoms with Crippen molar-refractivity contribution in [2.75, 3.05) is 0 Å². The number of rotatable bonds is 4. The molecule has 0 bridgehead atoms. The van der Waals surface area contributed by atoms with Gasteiger partial charge in [0.25, 0.3) is 17.5 Å². The fraction of sp³-hybridized carbons (Fsp3) is 0. The molecule has 0 spiro atoms. The van der Waals surface area contributed by atoms with Crippen LogP contribution in [0.3, 0.4) is 0 Å². The molecule has 2 aromatic carbocycles. The minimum Gasteiger partial charge on any atom is -0.268 e. The molecule has 0 unspecified atom stereocenters. The van der Waals surface area contributed by atoms with Gasteiger partial charge in [-0.2, -0.15) is 0 Å². The van der Waals surface area contributed by atoms with E-state index in [2.05, 4.69) is 10.9 Å². The summed E-state index contributed by atoms with van der Waals surface area (Å²) in [6, 6.07) is 12.7. The average molecular weight is 437 g/mol. The number of hydrogen-bond acceptors (Lipinski definition) is 4. The summed E-state index contributed by atoms with van der Waals surface area (Å²) < 4.78 is 0.767. The van der Waals surface area contributed by atoms with Crippen molar-refractivity contribution in [2.24, 2.45) is 0 Å². The molecule has 0 heterocycles. The first-order chi connectivity index (χ1) is 11.5. The third-order valence-electron chi connectivity index (χ3n) is 2.95. The fourth-order valence-corrected chi connectivity index (χ4v) is 2.38. The standard InChI is InChI=1S/C16H12IN3O4/c17-14-4-2-1-3-13(14)16(22)19-18-15(21)10-7-11-5-8-12(9-6-11)20(23)24/h1-10H,(H,18,21)(H,19,22)/b10-7+. The van der Waals surface area contributed by atoms with Gasteiger partial charge < -0.3 is 0 Å². The van der Waals surface area contributed by atoms with Crippen molar-refractivity contribution in [2.45, 2.75) is 0 Å². The number of benzene rings is 2. The van der Waals surface area contributed by atoms with Gasteiger partial charge in [-0.25, -0.2) is 0 Å². The van der Waals surface area contributed by atoms with Crippen LogP contribution in [-0.2, 0) is 4.79 Å². The smallest absolute Gasteiger partial charge is 0.268 e. The molecule has 0 atom stereocenters. The van der Waals surface area contributed by atoms with Crippen molar-refractivity contribution < 1.29 is 14.5 Å². The lowest BCUT2D eigenvalue weighted by Gasteiger charge is -2.06. The molecule has 0 aromatic heterocycles. The maximum absolute atomic E-state index is 11.9. The van der Waals surface area contributed by atoms with E-state index in [0.717, 1.165) is 3.57 Å². The van der Waals surface area contributed by atoms with Crippen molar-refractivity contribution in [1.82, 2.24) is 10.9 Å². The number of nitrogens with zero attached hydrogens (tertiary/aromatic N) is 1. The molecule has 7 nitrogen and oxygen atoms in total. The van der Waals surface area contributed by atoms with Gasteiger partial charge in [0.2, 0.25) is 0 Å². The first-order valence-corrected chi connectivity index (χ1v) is 7.82. The summed E-state index contributed by atoms with van der Waals surface area (Å²) in [6.07, 6.45) is 2.70. The SMILES string of the molecule is O=C(/C=C/c1ccc([N+](=O)[O-])cc1)NNC(=O)c1ccccc1I. The summed E-state index contributed by atoms with van der Waals surface area (Å²) >= 11 is 2.03. The Morgan fingerprint density at radius 3 is 2.33 bits per heavy atom. The van der Waals surface area contributed by atoms with Crippen molar-refractivity contribution in [3.63, 3.8) is 0 Å². The molecule has 0 aliphatic carbocycles. The molecule has 0 saturated heterocycles. The van der Waals surface area contributed by atoms with E-state index in [9.17, 15) is 19.7 Å². The second-order valence-corrected chi connectivity index (χ2v) is 5.77. The number of hydrogen-bond donors (Lipinski definition) is 2. The maximum Gasteiger partial charge on any atom is 0.270 e. The number of hydrazine groups is 1. The van der Waals surface area contributed by atoms with Gasteiger partial charge >= 0.3 is 0 Å². The third-order valence-corrected chi connectivity index (χ3v) is 3.89. The van der Waals surface area contributed by atoms with E-state index < -0.39 is 16.7 Å². The van der Waals surface area contributed by atoms with Gasteiger partial charge in [-0.15, -0.1) is 0 Å². The van der Waals surface area contributed by atoms with E-state index in [-0.39, 0.29) is 5.69 Å². The molecule has 0 saturated carbocycles. The predicted octanol–water partition coefficient (Wildman–Crippen LogP) is 2.67. The molecule has 24 heavy (non-hydrogen) atoms. The second-order valence-electron chi connectivity index (χ2n) is 4.61. The van der Waals surface area contributed by atoms with E-state index >= 15 is 0 Å². The molecular formula is C16H12IN3O4. The number of nitro groups is 1. The number of carbonyl (C=O) groups excluding carboxylic acids is 2. The zero-order valence-electron chi connectivity index (χ0n) is 12.2. The highest BCUT2D eigenvalue weighted by Crippen LogP contribution is 2.13. The Balaban J connectivity index is 1.90. The lowest BCUT2D eigenvalue weighted by molar-refractivity contribution is -0.384. The Kier molecular flexibility index (Phi) is 6.01. The van der Waals surface area contributed by atoms with Gasteiger partial charge in [0.05, 0.1) is 10.5 Å². The zero-order valence-corrected chi connectivity index (χ0v) is 14.4. The molecule has 8 heteroatoms. The highest BCUT2D eigenvalue weighted by Gasteiger charge is 2.09. The maximum atomic E-state index is 11.9. The Morgan fingerprint density at radius 1 is 1.04 bits per heavy atom. The summed E-state index contributed by atoms with van der Waals surface area (Å²) in [6.45, 7) is 0. The van der Waals surface area contributed by atoms with E-state index in [1.54, 1.807) is 18.2 Å². The molecule has 0 radical (unpaired) electrons. The summed E-state index contributed by atoms with van der Waals surface area (Å²) in [4.78, 5) is 33.7. The van der Waals surface area contributed by atoms with Crippen molar-refractivity contribution >= 4 is 46.2 Å². The van der Waals surface area contributed by atoms with Crippen LogP contribution in [0.1, 0.15) is 15.9 Å². The van der Waals surface area contributed by atoms with E-state index in [0.29, 0.717) is 11.1 Å². The van der Waals surface area contributed by atoms with Crippen LogP contribution in [0, 0.1) is 13.7 Å². The average Bonchev–Trinajstić information content (AvgIpc) is 2.58. The lowest BCUT2D eigenvalue weighted by Crippen LogP contribution is -2.41. The van der Waals surface area contributed by atoms with E-state index in [1.807, 2.05) is 28.7 Å². The molecule has 122 valence electrons. The molecular weight excluding hydrogens is 425 g/mol. The first-order valence-electron chi connectivity index (χ1n) is 6.75. The normalized spacial score (nSPS) is 10.4. The summed E-state index contributed by atoms with van der Waals surface area (Å²) in [7, 11) is 0. The lowest BCUT2D eigenvalue weighted by atomic mass is 10.2. The highest BCUT2D eigenvalue weighted by molar-refractivity contribution is 14.1. The Bertz CT molecular complexity index is 803. The van der Waals surface area contributed by atoms with Crippen LogP contribution in [0.2, 0.25) is 0 Å². The summed E-state index contributed by atoms with van der Waals surface area (Å²) in [5.41, 5.74) is 5.64. The Labute approximate surface area is 151 Å². The van der Waals surface area contributed by atoms with Crippen molar-refractivity contribution in [3.8, 4) is 0 Å². The molecule has 2 N–H and O–H groups in total. The molecule has 0 aliphatic rings. The number of nitro benzene ring substituents is 1. The van der Waals surface area contributed by atoms with Crippen LogP contribution in [0.15, 0.2) is 54.6 Å². The molecule has 2 aromatic rings. The minimum absolute atomic E-state index is 0.0265. The van der Waals surface area contributed by atoms with Gasteiger partial charge in [-0.1, -0.05) is 12.1 Å². The fourth-order valence-electron chi connectivity index (χ4n) is 1.75. The van der Waals surface area contributed by atoms with Crippen LogP contribution in [-0.4, -0.2) is 16.7 Å². The molecule has 2 rings (SSSR count). The monoisotopic (exact) mass is 437 g/mol. The van der Waals surface area contributed by atoms with Crippen molar-refractivity contribution in [3.05, 3.63) is 79.4 Å². The number of non-ortho nitro benzene ring substituents is 1. The summed E-state index contributed by atoms with van der Waals surface area (Å²) in [5.74, 6) is -0.940. The van der Waals surface area contributed by atoms with Crippen LogP contribution in [0.25, 0.3) is 6.08 Å². The first kappa shape index (κ1) is 17.6. The Hall–Kier alpha value is -2.75. The van der Waals surface area contributed by atoms with Gasteiger partial charge in [0.15, 0.2) is 0 Å². The van der Waals surface area contributed by atoms with Gasteiger partial charge in [0, 0.05) is 21.8 Å². The van der Waals surface area contributed by atoms with Gasteiger partial charge in [0.1, 0.15) is 0 Å². The quantitative estimate of drug-likeness (QED) is 0.333. The molecule has 2 amide bonds. The number of amides is 2. The highest BCUT2D eigenvalue weighted by atomic mass is 127. The predicted molar refractivity (Wildman–Crippen MR) is 96.9 cm³/mol. The third kappa shape index (κ3) is 4.88. The summed E-state index contributed by atoms with van der Waals surface area (Å²) in [5, 5.41) is 10.6. The van der Waals surface area contributed by atoms with E-state index in [4.69, 9.17) is 0 Å². The second kappa shape index (κ2) is 8.20. The van der Waals surface area contributed by atoms with Gasteiger partial charge in [-0.05, 0) is 58.5 Å². The largest absolute Gasteiger partial charge is 0.270 e. The zero-order chi connectivity index (χ0) is 17.5. The van der Waals surface area contributed by atoms with Gasteiger partial charge in [-0.3, -0.25) is 30.6 Å². The van der Waals surface area contributed by atoms with Crippen LogP contribution in [0.5, 0.6) is 0 Å². The van der Waals surface area contributed by atoms with Crippen LogP contribution < -0.4 is 10.9 Å². The van der Waals surface area contributed by atoms with Crippen LogP contribution >= 0.6 is 22.6 Å². The van der Waals surface area contributed by atoms with Crippen LogP contribution in [0.4, 0.5) is 5.69 Å². The number of halogens is 1. The number of carbonyl (C=O) groups is 2. The topological polar surface area (TPSA) is 101 Å².